The Morgan fingerprint density at radius 1 is 1.64 bits per heavy atom. The number of piperidine rings is 1. The van der Waals surface area contributed by atoms with E-state index in [2.05, 4.69) is 13.8 Å². The summed E-state index contributed by atoms with van der Waals surface area (Å²) in [5, 5.41) is 0. The van der Waals surface area contributed by atoms with E-state index in [1.54, 1.807) is 4.90 Å². The molecule has 1 fully saturated rings. The van der Waals surface area contributed by atoms with Crippen molar-refractivity contribution in [2.45, 2.75) is 45.2 Å². The van der Waals surface area contributed by atoms with Crippen LogP contribution in [-0.2, 0) is 4.74 Å². The van der Waals surface area contributed by atoms with Crippen LogP contribution in [0.15, 0.2) is 0 Å². The van der Waals surface area contributed by atoms with Crippen molar-refractivity contribution in [3.05, 3.63) is 0 Å². The molecule has 0 radical (unpaired) electrons. The molecule has 1 unspecified atom stereocenters. The molecule has 1 heterocycles. The second-order valence-corrected chi connectivity index (χ2v) is 4.42. The monoisotopic (exact) mass is 200 g/mol. The number of rotatable bonds is 1. The quantitative estimate of drug-likeness (QED) is 0.695. The van der Waals surface area contributed by atoms with Crippen molar-refractivity contribution in [1.82, 2.24) is 4.90 Å². The summed E-state index contributed by atoms with van der Waals surface area (Å²) in [6.45, 7) is 6.94. The SMILES string of the molecule is CCOC(=O)N1CC(N)CCC1(C)C. The fourth-order valence-electron chi connectivity index (χ4n) is 1.77. The number of nitrogens with two attached hydrogens (primary N) is 1. The fraction of sp³-hybridized carbons (Fsp3) is 0.900. The van der Waals surface area contributed by atoms with Crippen LogP contribution in [0.4, 0.5) is 4.79 Å². The van der Waals surface area contributed by atoms with E-state index in [0.717, 1.165) is 12.8 Å². The molecule has 14 heavy (non-hydrogen) atoms. The van der Waals surface area contributed by atoms with E-state index in [4.69, 9.17) is 10.5 Å². The Balaban J connectivity index is 2.67. The Morgan fingerprint density at radius 2 is 2.29 bits per heavy atom. The lowest BCUT2D eigenvalue weighted by atomic mass is 9.89. The van der Waals surface area contributed by atoms with Crippen molar-refractivity contribution in [3.63, 3.8) is 0 Å². The molecule has 1 amide bonds. The van der Waals surface area contributed by atoms with Gasteiger partial charge in [0.05, 0.1) is 6.61 Å². The molecule has 2 N–H and O–H groups in total. The number of likely N-dealkylation sites (tertiary alicyclic amines) is 1. The predicted octanol–water partition coefficient (Wildman–Crippen LogP) is 1.34. The largest absolute Gasteiger partial charge is 0.450 e. The minimum Gasteiger partial charge on any atom is -0.450 e. The second-order valence-electron chi connectivity index (χ2n) is 4.42. The summed E-state index contributed by atoms with van der Waals surface area (Å²) in [6, 6.07) is 0.0902. The molecule has 0 spiro atoms. The third-order valence-electron chi connectivity index (χ3n) is 2.76. The maximum Gasteiger partial charge on any atom is 0.410 e. The van der Waals surface area contributed by atoms with Crippen LogP contribution in [0, 0.1) is 0 Å². The zero-order chi connectivity index (χ0) is 10.8. The van der Waals surface area contributed by atoms with E-state index in [-0.39, 0.29) is 17.7 Å². The van der Waals surface area contributed by atoms with Gasteiger partial charge in [-0.15, -0.1) is 0 Å². The highest BCUT2D eigenvalue weighted by atomic mass is 16.6. The Labute approximate surface area is 85.4 Å². The van der Waals surface area contributed by atoms with Gasteiger partial charge in [0.2, 0.25) is 0 Å². The van der Waals surface area contributed by atoms with Gasteiger partial charge in [0, 0.05) is 18.1 Å². The zero-order valence-electron chi connectivity index (χ0n) is 9.25. The molecule has 0 bridgehead atoms. The molecule has 0 saturated carbocycles. The van der Waals surface area contributed by atoms with Crippen LogP contribution in [0.2, 0.25) is 0 Å². The van der Waals surface area contributed by atoms with Gasteiger partial charge in [0.25, 0.3) is 0 Å². The van der Waals surface area contributed by atoms with Crippen LogP contribution in [-0.4, -0.2) is 35.7 Å². The number of ether oxygens (including phenoxy) is 1. The normalized spacial score (nSPS) is 26.0. The third-order valence-corrected chi connectivity index (χ3v) is 2.76. The molecule has 4 heteroatoms. The van der Waals surface area contributed by atoms with Crippen LogP contribution in [0.3, 0.4) is 0 Å². The van der Waals surface area contributed by atoms with Crippen molar-refractivity contribution in [2.24, 2.45) is 5.73 Å². The smallest absolute Gasteiger partial charge is 0.410 e. The van der Waals surface area contributed by atoms with Gasteiger partial charge in [-0.3, -0.25) is 0 Å². The van der Waals surface area contributed by atoms with E-state index in [0.29, 0.717) is 13.2 Å². The van der Waals surface area contributed by atoms with Gasteiger partial charge in [-0.2, -0.15) is 0 Å². The Bertz CT molecular complexity index is 216. The van der Waals surface area contributed by atoms with Crippen molar-refractivity contribution in [3.8, 4) is 0 Å². The van der Waals surface area contributed by atoms with Crippen LogP contribution in [0.25, 0.3) is 0 Å². The van der Waals surface area contributed by atoms with Crippen LogP contribution in [0.5, 0.6) is 0 Å². The molecule has 4 nitrogen and oxygen atoms in total. The summed E-state index contributed by atoms with van der Waals surface area (Å²) >= 11 is 0. The van der Waals surface area contributed by atoms with Crippen LogP contribution < -0.4 is 5.73 Å². The van der Waals surface area contributed by atoms with Crippen molar-refractivity contribution >= 4 is 6.09 Å². The highest BCUT2D eigenvalue weighted by molar-refractivity contribution is 5.68. The average Bonchev–Trinajstić information content (AvgIpc) is 2.10. The van der Waals surface area contributed by atoms with E-state index in [9.17, 15) is 4.79 Å². The van der Waals surface area contributed by atoms with Crippen molar-refractivity contribution in [1.29, 1.82) is 0 Å². The first-order chi connectivity index (χ1) is 6.47. The number of hydrogen-bond acceptors (Lipinski definition) is 3. The number of carbonyl (C=O) groups is 1. The molecule has 82 valence electrons. The standard InChI is InChI=1S/C10H20N2O2/c1-4-14-9(13)12-7-8(11)5-6-10(12,2)3/h8H,4-7,11H2,1-3H3. The summed E-state index contributed by atoms with van der Waals surface area (Å²) in [5.74, 6) is 0. The third kappa shape index (κ3) is 2.38. The van der Waals surface area contributed by atoms with E-state index in [1.165, 1.54) is 0 Å². The van der Waals surface area contributed by atoms with E-state index in [1.807, 2.05) is 6.92 Å². The maximum absolute atomic E-state index is 11.6. The Kier molecular flexibility index (Phi) is 3.37. The molecule has 0 aromatic heterocycles. The summed E-state index contributed by atoms with van der Waals surface area (Å²) in [5.41, 5.74) is 5.71. The van der Waals surface area contributed by atoms with E-state index < -0.39 is 0 Å². The lowest BCUT2D eigenvalue weighted by molar-refractivity contribution is 0.0404. The van der Waals surface area contributed by atoms with Gasteiger partial charge in [0.15, 0.2) is 0 Å². The van der Waals surface area contributed by atoms with Crippen LogP contribution in [0.1, 0.15) is 33.6 Å². The Hall–Kier alpha value is -0.770. The highest BCUT2D eigenvalue weighted by Gasteiger charge is 2.36. The van der Waals surface area contributed by atoms with Gasteiger partial charge >= 0.3 is 6.09 Å². The van der Waals surface area contributed by atoms with E-state index >= 15 is 0 Å². The van der Waals surface area contributed by atoms with Gasteiger partial charge in [0.1, 0.15) is 0 Å². The fourth-order valence-corrected chi connectivity index (χ4v) is 1.77. The molecular weight excluding hydrogens is 180 g/mol. The molecule has 1 aliphatic heterocycles. The number of hydrogen-bond donors (Lipinski definition) is 1. The maximum atomic E-state index is 11.6. The minimum atomic E-state index is -0.243. The molecular formula is C10H20N2O2. The van der Waals surface area contributed by atoms with Gasteiger partial charge in [-0.25, -0.2) is 4.79 Å². The Morgan fingerprint density at radius 3 is 2.86 bits per heavy atom. The first kappa shape index (κ1) is 11.3. The summed E-state index contributed by atoms with van der Waals surface area (Å²) in [6.07, 6.45) is 1.67. The number of carbonyl (C=O) groups excluding carboxylic acids is 1. The molecule has 0 aromatic carbocycles. The molecule has 1 aliphatic rings. The number of nitrogens with zero attached hydrogens (tertiary/aromatic N) is 1. The van der Waals surface area contributed by atoms with Crippen molar-refractivity contribution in [2.75, 3.05) is 13.2 Å². The van der Waals surface area contributed by atoms with Gasteiger partial charge in [-0.1, -0.05) is 0 Å². The summed E-state index contributed by atoms with van der Waals surface area (Å²) < 4.78 is 5.00. The topological polar surface area (TPSA) is 55.6 Å². The summed E-state index contributed by atoms with van der Waals surface area (Å²) in [4.78, 5) is 13.3. The number of amides is 1. The van der Waals surface area contributed by atoms with Gasteiger partial charge in [-0.05, 0) is 33.6 Å². The molecule has 1 atom stereocenters. The second kappa shape index (κ2) is 4.17. The predicted molar refractivity (Wildman–Crippen MR) is 55.0 cm³/mol. The highest BCUT2D eigenvalue weighted by Crippen LogP contribution is 2.27. The molecule has 0 aliphatic carbocycles. The first-order valence-electron chi connectivity index (χ1n) is 5.17. The lowest BCUT2D eigenvalue weighted by Crippen LogP contribution is -2.56. The summed E-state index contributed by atoms with van der Waals surface area (Å²) in [7, 11) is 0. The molecule has 0 aromatic rings. The average molecular weight is 200 g/mol. The molecule has 1 saturated heterocycles. The van der Waals surface area contributed by atoms with Crippen LogP contribution >= 0.6 is 0 Å². The first-order valence-corrected chi connectivity index (χ1v) is 5.17. The minimum absolute atomic E-state index is 0.0902. The zero-order valence-corrected chi connectivity index (χ0v) is 9.25. The lowest BCUT2D eigenvalue weighted by Gasteiger charge is -2.43. The van der Waals surface area contributed by atoms with Crippen molar-refractivity contribution < 1.29 is 9.53 Å². The molecule has 1 rings (SSSR count). The van der Waals surface area contributed by atoms with Gasteiger partial charge < -0.3 is 15.4 Å².